The topological polar surface area (TPSA) is 54.5 Å². The smallest absolute Gasteiger partial charge is 0.242 e. The molecule has 1 aromatic heterocycles. The molecule has 0 saturated carbocycles. The second kappa shape index (κ2) is 6.75. The van der Waals surface area contributed by atoms with Gasteiger partial charge in [0.2, 0.25) is 5.91 Å². The molecule has 0 aliphatic carbocycles. The van der Waals surface area contributed by atoms with E-state index in [1.54, 1.807) is 36.5 Å². The summed E-state index contributed by atoms with van der Waals surface area (Å²) in [5, 5.41) is 2.77. The molecule has 120 valence electrons. The van der Waals surface area contributed by atoms with Gasteiger partial charge in [0.15, 0.2) is 11.6 Å². The van der Waals surface area contributed by atoms with Crippen LogP contribution in [0.4, 0.5) is 10.2 Å². The lowest BCUT2D eigenvalue weighted by Gasteiger charge is -2.41. The molecule has 1 N–H and O–H groups in total. The lowest BCUT2D eigenvalue weighted by atomic mass is 10.1. The van der Waals surface area contributed by atoms with Gasteiger partial charge in [-0.05, 0) is 31.2 Å². The number of hydrogen-bond acceptors (Lipinski definition) is 4. The van der Waals surface area contributed by atoms with Gasteiger partial charge in [0.05, 0.1) is 6.04 Å². The minimum Gasteiger partial charge on any atom is -0.485 e. The standard InChI is InChI=1S/C17H18FN3O2/c1-12(17(22)20-16-8-4-5-9-19-16)21-10-13(11-21)23-15-7-3-2-6-14(15)18/h2-9,12-13H,10-11H2,1H3,(H,19,20,22)/t12-/m1/s1. The number of anilines is 1. The molecular weight excluding hydrogens is 297 g/mol. The summed E-state index contributed by atoms with van der Waals surface area (Å²) in [4.78, 5) is 18.2. The number of hydrogen-bond donors (Lipinski definition) is 1. The Morgan fingerprint density at radius 2 is 2.04 bits per heavy atom. The number of benzene rings is 1. The van der Waals surface area contributed by atoms with Crippen molar-refractivity contribution < 1.29 is 13.9 Å². The molecule has 1 aliphatic heterocycles. The molecule has 2 aromatic rings. The Hall–Kier alpha value is -2.47. The number of halogens is 1. The summed E-state index contributed by atoms with van der Waals surface area (Å²) in [5.41, 5.74) is 0. The zero-order chi connectivity index (χ0) is 16.2. The molecule has 0 bridgehead atoms. The summed E-state index contributed by atoms with van der Waals surface area (Å²) in [7, 11) is 0. The molecule has 1 amide bonds. The van der Waals surface area contributed by atoms with Crippen molar-refractivity contribution in [3.63, 3.8) is 0 Å². The summed E-state index contributed by atoms with van der Waals surface area (Å²) in [6.07, 6.45) is 1.53. The van der Waals surface area contributed by atoms with Gasteiger partial charge in [-0.25, -0.2) is 9.37 Å². The molecule has 0 radical (unpaired) electrons. The number of carbonyl (C=O) groups excluding carboxylic acids is 1. The van der Waals surface area contributed by atoms with Gasteiger partial charge in [-0.1, -0.05) is 18.2 Å². The Kier molecular flexibility index (Phi) is 4.52. The maximum absolute atomic E-state index is 13.5. The van der Waals surface area contributed by atoms with Crippen molar-refractivity contribution in [3.8, 4) is 5.75 Å². The zero-order valence-corrected chi connectivity index (χ0v) is 12.8. The molecule has 1 saturated heterocycles. The third-order valence-electron chi connectivity index (χ3n) is 3.85. The predicted octanol–water partition coefficient (Wildman–Crippen LogP) is 2.31. The second-order valence-electron chi connectivity index (χ2n) is 5.50. The van der Waals surface area contributed by atoms with Crippen molar-refractivity contribution in [3.05, 3.63) is 54.5 Å². The zero-order valence-electron chi connectivity index (χ0n) is 12.8. The highest BCUT2D eigenvalue weighted by Crippen LogP contribution is 2.22. The maximum atomic E-state index is 13.5. The quantitative estimate of drug-likeness (QED) is 0.920. The first kappa shape index (κ1) is 15.4. The fraction of sp³-hybridized carbons (Fsp3) is 0.294. The van der Waals surface area contributed by atoms with E-state index in [-0.39, 0.29) is 29.6 Å². The number of nitrogens with one attached hydrogen (secondary N) is 1. The molecule has 3 rings (SSSR count). The summed E-state index contributed by atoms with van der Waals surface area (Å²) >= 11 is 0. The summed E-state index contributed by atoms with van der Waals surface area (Å²) in [6, 6.07) is 11.4. The number of pyridine rings is 1. The average molecular weight is 315 g/mol. The van der Waals surface area contributed by atoms with Gasteiger partial charge in [0.1, 0.15) is 11.9 Å². The van der Waals surface area contributed by atoms with E-state index < -0.39 is 0 Å². The number of aromatic nitrogens is 1. The molecular formula is C17H18FN3O2. The van der Waals surface area contributed by atoms with E-state index >= 15 is 0 Å². The lowest BCUT2D eigenvalue weighted by molar-refractivity contribution is -0.124. The van der Waals surface area contributed by atoms with Crippen LogP contribution in [0.3, 0.4) is 0 Å². The monoisotopic (exact) mass is 315 g/mol. The van der Waals surface area contributed by atoms with Gasteiger partial charge in [0, 0.05) is 19.3 Å². The second-order valence-corrected chi connectivity index (χ2v) is 5.50. The molecule has 0 spiro atoms. The van der Waals surface area contributed by atoms with Crippen LogP contribution in [0.5, 0.6) is 5.75 Å². The average Bonchev–Trinajstić information content (AvgIpc) is 2.52. The Morgan fingerprint density at radius 3 is 2.74 bits per heavy atom. The molecule has 5 nitrogen and oxygen atoms in total. The first-order valence-electron chi connectivity index (χ1n) is 7.50. The van der Waals surface area contributed by atoms with Crippen LogP contribution in [-0.2, 0) is 4.79 Å². The molecule has 1 atom stereocenters. The minimum absolute atomic E-state index is 0.1000. The van der Waals surface area contributed by atoms with Gasteiger partial charge in [-0.2, -0.15) is 0 Å². The SMILES string of the molecule is C[C@H](C(=O)Nc1ccccn1)N1CC(Oc2ccccc2F)C1. The normalized spacial score (nSPS) is 16.4. The van der Waals surface area contributed by atoms with Gasteiger partial charge < -0.3 is 10.1 Å². The van der Waals surface area contributed by atoms with Crippen LogP contribution in [0.25, 0.3) is 0 Å². The highest BCUT2D eigenvalue weighted by Gasteiger charge is 2.35. The molecule has 1 fully saturated rings. The van der Waals surface area contributed by atoms with E-state index in [4.69, 9.17) is 4.74 Å². The predicted molar refractivity (Wildman–Crippen MR) is 84.7 cm³/mol. The summed E-state index contributed by atoms with van der Waals surface area (Å²) < 4.78 is 19.1. The highest BCUT2D eigenvalue weighted by molar-refractivity contribution is 5.93. The van der Waals surface area contributed by atoms with Gasteiger partial charge >= 0.3 is 0 Å². The number of rotatable bonds is 5. The van der Waals surface area contributed by atoms with Crippen LogP contribution >= 0.6 is 0 Å². The molecule has 2 heterocycles. The van der Waals surface area contributed by atoms with Crippen molar-refractivity contribution >= 4 is 11.7 Å². The highest BCUT2D eigenvalue weighted by atomic mass is 19.1. The fourth-order valence-corrected chi connectivity index (χ4v) is 2.41. The third-order valence-corrected chi connectivity index (χ3v) is 3.85. The largest absolute Gasteiger partial charge is 0.485 e. The van der Waals surface area contributed by atoms with Crippen molar-refractivity contribution in [2.45, 2.75) is 19.1 Å². The first-order valence-corrected chi connectivity index (χ1v) is 7.50. The van der Waals surface area contributed by atoms with Crippen LogP contribution in [0.15, 0.2) is 48.7 Å². The maximum Gasteiger partial charge on any atom is 0.242 e. The molecule has 1 aromatic carbocycles. The van der Waals surface area contributed by atoms with Crippen LogP contribution in [0.2, 0.25) is 0 Å². The van der Waals surface area contributed by atoms with Crippen LogP contribution < -0.4 is 10.1 Å². The molecule has 1 aliphatic rings. The van der Waals surface area contributed by atoms with Crippen LogP contribution in [0.1, 0.15) is 6.92 Å². The fourth-order valence-electron chi connectivity index (χ4n) is 2.41. The number of carbonyl (C=O) groups is 1. The van der Waals surface area contributed by atoms with E-state index in [2.05, 4.69) is 10.3 Å². The Labute approximate surface area is 134 Å². The number of amides is 1. The van der Waals surface area contributed by atoms with Crippen molar-refractivity contribution in [1.29, 1.82) is 0 Å². The van der Waals surface area contributed by atoms with Gasteiger partial charge in [-0.3, -0.25) is 9.69 Å². The minimum atomic E-state index is -0.369. The lowest BCUT2D eigenvalue weighted by Crippen LogP contribution is -2.59. The van der Waals surface area contributed by atoms with E-state index in [0.29, 0.717) is 18.9 Å². The molecule has 0 unspecified atom stereocenters. The van der Waals surface area contributed by atoms with Gasteiger partial charge in [0.25, 0.3) is 0 Å². The summed E-state index contributed by atoms with van der Waals surface area (Å²) in [5.74, 6) is 0.298. The van der Waals surface area contributed by atoms with Crippen LogP contribution in [-0.4, -0.2) is 41.0 Å². The molecule has 23 heavy (non-hydrogen) atoms. The van der Waals surface area contributed by atoms with Gasteiger partial charge in [-0.15, -0.1) is 0 Å². The number of nitrogens with zero attached hydrogens (tertiary/aromatic N) is 2. The molecule has 6 heteroatoms. The van der Waals surface area contributed by atoms with Crippen LogP contribution in [0, 0.1) is 5.82 Å². The number of likely N-dealkylation sites (tertiary alicyclic amines) is 1. The Morgan fingerprint density at radius 1 is 1.30 bits per heavy atom. The third kappa shape index (κ3) is 3.65. The number of para-hydroxylation sites is 1. The van der Waals surface area contributed by atoms with E-state index in [1.807, 2.05) is 17.9 Å². The van der Waals surface area contributed by atoms with Crippen molar-refractivity contribution in [1.82, 2.24) is 9.88 Å². The Bertz CT molecular complexity index is 675. The van der Waals surface area contributed by atoms with E-state index in [9.17, 15) is 9.18 Å². The summed E-state index contributed by atoms with van der Waals surface area (Å²) in [6.45, 7) is 3.01. The number of ether oxygens (including phenoxy) is 1. The Balaban J connectivity index is 1.49. The first-order chi connectivity index (χ1) is 11.1. The van der Waals surface area contributed by atoms with Crippen molar-refractivity contribution in [2.75, 3.05) is 18.4 Å². The van der Waals surface area contributed by atoms with Crippen molar-refractivity contribution in [2.24, 2.45) is 0 Å². The van der Waals surface area contributed by atoms with E-state index in [1.165, 1.54) is 6.07 Å². The van der Waals surface area contributed by atoms with E-state index in [0.717, 1.165) is 0 Å².